The van der Waals surface area contributed by atoms with Gasteiger partial charge in [-0.15, -0.1) is 0 Å². The van der Waals surface area contributed by atoms with Gasteiger partial charge in [0.25, 0.3) is 0 Å². The first-order valence-electron chi connectivity index (χ1n) is 16.1. The summed E-state index contributed by atoms with van der Waals surface area (Å²) in [6.07, 6.45) is -1.66. The molecule has 5 rings (SSSR count). The number of piperazine rings is 1. The molecule has 1 aromatic heterocycles. The van der Waals surface area contributed by atoms with E-state index in [9.17, 15) is 22.8 Å². The van der Waals surface area contributed by atoms with Gasteiger partial charge in [-0.25, -0.2) is 9.59 Å². The van der Waals surface area contributed by atoms with Gasteiger partial charge in [0.1, 0.15) is 11.4 Å². The molecule has 0 amide bonds. The fourth-order valence-corrected chi connectivity index (χ4v) is 6.22. The van der Waals surface area contributed by atoms with Crippen LogP contribution in [0, 0.1) is 12.8 Å². The average molecular weight is 659 g/mol. The van der Waals surface area contributed by atoms with Crippen LogP contribution in [0.3, 0.4) is 0 Å². The number of methoxy groups -OCH3 is 2. The van der Waals surface area contributed by atoms with Crippen molar-refractivity contribution in [2.24, 2.45) is 5.92 Å². The number of rotatable bonds is 10. The largest absolute Gasteiger partial charge is 0.496 e. The molecule has 256 valence electrons. The van der Waals surface area contributed by atoms with Crippen LogP contribution in [0.4, 0.5) is 23.7 Å². The molecule has 0 radical (unpaired) electrons. The molecule has 2 aliphatic rings. The maximum atomic E-state index is 13.2. The summed E-state index contributed by atoms with van der Waals surface area (Å²) in [5.74, 6) is 0.754. The van der Waals surface area contributed by atoms with Gasteiger partial charge in [-0.1, -0.05) is 6.07 Å². The van der Waals surface area contributed by atoms with Gasteiger partial charge in [0.05, 0.1) is 31.7 Å². The normalized spacial score (nSPS) is 17.9. The fourth-order valence-electron chi connectivity index (χ4n) is 6.22. The number of hydrogen-bond donors (Lipinski definition) is 1. The Kier molecular flexibility index (Phi) is 10.1. The van der Waals surface area contributed by atoms with Gasteiger partial charge in [-0.05, 0) is 81.8 Å². The summed E-state index contributed by atoms with van der Waals surface area (Å²) in [7, 11) is 2.94. The van der Waals surface area contributed by atoms with Crippen LogP contribution in [0.15, 0.2) is 36.5 Å². The van der Waals surface area contributed by atoms with Crippen LogP contribution >= 0.6 is 0 Å². The lowest BCUT2D eigenvalue weighted by Crippen LogP contribution is -2.48. The maximum Gasteiger partial charge on any atom is 0.419 e. The van der Waals surface area contributed by atoms with E-state index in [4.69, 9.17) is 14.2 Å². The summed E-state index contributed by atoms with van der Waals surface area (Å²) in [5, 5.41) is 4.25. The van der Waals surface area contributed by atoms with Gasteiger partial charge in [-0.2, -0.15) is 13.2 Å². The van der Waals surface area contributed by atoms with E-state index in [0.717, 1.165) is 41.5 Å². The molecule has 9 nitrogen and oxygen atoms in total. The van der Waals surface area contributed by atoms with E-state index in [-0.39, 0.29) is 12.6 Å². The lowest BCUT2D eigenvalue weighted by Gasteiger charge is -2.42. The smallest absolute Gasteiger partial charge is 0.419 e. The second-order valence-electron chi connectivity index (χ2n) is 13.6. The third-order valence-corrected chi connectivity index (χ3v) is 8.80. The Bertz CT molecular complexity index is 1610. The molecule has 1 saturated carbocycles. The van der Waals surface area contributed by atoms with Crippen molar-refractivity contribution in [2.75, 3.05) is 52.3 Å². The second-order valence-corrected chi connectivity index (χ2v) is 13.6. The molecule has 0 bridgehead atoms. The van der Waals surface area contributed by atoms with Crippen LogP contribution < -0.4 is 10.1 Å². The summed E-state index contributed by atoms with van der Waals surface area (Å²) >= 11 is 0. The molecule has 0 spiro atoms. The van der Waals surface area contributed by atoms with Crippen molar-refractivity contribution in [2.45, 2.75) is 71.3 Å². The maximum absolute atomic E-state index is 13.2. The first-order chi connectivity index (χ1) is 22.2. The molecule has 3 aromatic rings. The molecule has 1 saturated heterocycles. The zero-order valence-electron chi connectivity index (χ0n) is 28.0. The summed E-state index contributed by atoms with van der Waals surface area (Å²) in [4.78, 5) is 29.9. The Hall–Kier alpha value is -3.77. The number of anilines is 1. The number of nitrogens with zero attached hydrogens (tertiary/aromatic N) is 3. The number of carbonyl (C=O) groups excluding carboxylic acids is 2. The van der Waals surface area contributed by atoms with Crippen molar-refractivity contribution in [1.82, 2.24) is 14.4 Å². The van der Waals surface area contributed by atoms with Crippen LogP contribution in [0.2, 0.25) is 0 Å². The number of esters is 1. The van der Waals surface area contributed by atoms with E-state index in [2.05, 4.69) is 10.2 Å². The molecule has 1 N–H and O–H groups in total. The van der Waals surface area contributed by atoms with E-state index >= 15 is 0 Å². The first kappa shape index (κ1) is 34.6. The number of fused-ring (bicyclic) bond motifs is 1. The van der Waals surface area contributed by atoms with Crippen LogP contribution in [0.25, 0.3) is 10.9 Å². The fraction of sp³-hybridized carbons (Fsp3) is 0.543. The lowest BCUT2D eigenvalue weighted by molar-refractivity contribution is -0.139. The first-order valence-corrected chi connectivity index (χ1v) is 16.1. The standard InChI is InChI=1S/C35H45F3N4O5/c1-22-17-30(45-5)27(25-11-13-42(31(22)25)33(44)47-34(2,3)4)20-41-16-15-40(14-12-35(36,37)38)21-29(41)24-9-10-26(32(43)46-6)28(18-24)39-19-23-7-8-23/h9-11,13,17-18,23,29,39H,7-8,12,14-16,19-21H2,1-6H3/t29-/m0/s1. The van der Waals surface area contributed by atoms with Crippen molar-refractivity contribution in [1.29, 1.82) is 0 Å². The minimum absolute atomic E-state index is 0.0995. The third kappa shape index (κ3) is 8.39. The van der Waals surface area contributed by atoms with Gasteiger partial charge in [0.15, 0.2) is 0 Å². The highest BCUT2D eigenvalue weighted by Gasteiger charge is 2.34. The van der Waals surface area contributed by atoms with Crippen molar-refractivity contribution < 1.29 is 37.0 Å². The number of carbonyl (C=O) groups is 2. The molecule has 12 heteroatoms. The lowest BCUT2D eigenvalue weighted by atomic mass is 9.97. The molecule has 47 heavy (non-hydrogen) atoms. The van der Waals surface area contributed by atoms with Crippen molar-refractivity contribution in [3.8, 4) is 5.75 Å². The summed E-state index contributed by atoms with van der Waals surface area (Å²) in [6.45, 7) is 9.73. The predicted molar refractivity (Wildman–Crippen MR) is 174 cm³/mol. The molecule has 2 fully saturated rings. The summed E-state index contributed by atoms with van der Waals surface area (Å²) in [5.41, 5.74) is 3.69. The summed E-state index contributed by atoms with van der Waals surface area (Å²) in [6, 6.07) is 9.01. The molecule has 2 heterocycles. The molecular weight excluding hydrogens is 613 g/mol. The highest BCUT2D eigenvalue weighted by molar-refractivity contribution is 5.96. The van der Waals surface area contributed by atoms with Crippen LogP contribution in [-0.2, 0) is 16.0 Å². The van der Waals surface area contributed by atoms with E-state index in [1.807, 2.05) is 56.9 Å². The second kappa shape index (κ2) is 13.8. The van der Waals surface area contributed by atoms with Gasteiger partial charge in [-0.3, -0.25) is 14.4 Å². The van der Waals surface area contributed by atoms with Crippen LogP contribution in [-0.4, -0.2) is 85.2 Å². The monoisotopic (exact) mass is 658 g/mol. The number of hydrogen-bond acceptors (Lipinski definition) is 8. The minimum Gasteiger partial charge on any atom is -0.496 e. The molecular formula is C35H45F3N4O5. The number of halogens is 3. The number of ether oxygens (including phenoxy) is 3. The zero-order valence-corrected chi connectivity index (χ0v) is 28.0. The van der Waals surface area contributed by atoms with Gasteiger partial charge in [0, 0.05) is 68.1 Å². The average Bonchev–Trinajstić information content (AvgIpc) is 3.73. The molecule has 1 atom stereocenters. The highest BCUT2D eigenvalue weighted by atomic mass is 19.4. The quantitative estimate of drug-likeness (QED) is 0.230. The van der Waals surface area contributed by atoms with E-state index in [0.29, 0.717) is 54.6 Å². The number of aryl methyl sites for hydroxylation is 1. The Morgan fingerprint density at radius 1 is 1.04 bits per heavy atom. The number of nitrogens with one attached hydrogen (secondary N) is 1. The van der Waals surface area contributed by atoms with Gasteiger partial charge < -0.3 is 19.5 Å². The SMILES string of the molecule is COC(=O)c1ccc([C@@H]2CN(CCC(F)(F)F)CCN2Cc2c(OC)cc(C)c3c2ccn3C(=O)OC(C)(C)C)cc1NCC1CC1. The zero-order chi connectivity index (χ0) is 34.1. The Labute approximate surface area is 273 Å². The van der Waals surface area contributed by atoms with Crippen molar-refractivity contribution in [3.63, 3.8) is 0 Å². The van der Waals surface area contributed by atoms with E-state index in [1.54, 1.807) is 19.4 Å². The van der Waals surface area contributed by atoms with Crippen molar-refractivity contribution >= 4 is 28.7 Å². The Balaban J connectivity index is 1.53. The van der Waals surface area contributed by atoms with Crippen LogP contribution in [0.5, 0.6) is 5.75 Å². The van der Waals surface area contributed by atoms with E-state index < -0.39 is 30.3 Å². The highest BCUT2D eigenvalue weighted by Crippen LogP contribution is 2.38. The molecule has 1 aliphatic heterocycles. The van der Waals surface area contributed by atoms with Gasteiger partial charge >= 0.3 is 18.2 Å². The summed E-state index contributed by atoms with van der Waals surface area (Å²) < 4.78 is 57.8. The Morgan fingerprint density at radius 3 is 2.43 bits per heavy atom. The Morgan fingerprint density at radius 2 is 1.79 bits per heavy atom. The number of aromatic nitrogens is 1. The van der Waals surface area contributed by atoms with Crippen LogP contribution in [0.1, 0.15) is 73.1 Å². The van der Waals surface area contributed by atoms with Gasteiger partial charge in [0.2, 0.25) is 0 Å². The predicted octanol–water partition coefficient (Wildman–Crippen LogP) is 7.16. The number of alkyl halides is 3. The molecule has 0 unspecified atom stereocenters. The minimum atomic E-state index is -4.25. The van der Waals surface area contributed by atoms with E-state index in [1.165, 1.54) is 11.7 Å². The molecule has 2 aromatic carbocycles. The number of benzene rings is 2. The molecule has 1 aliphatic carbocycles. The topological polar surface area (TPSA) is 85.3 Å². The third-order valence-electron chi connectivity index (χ3n) is 8.80. The van der Waals surface area contributed by atoms with Crippen molar-refractivity contribution in [3.05, 3.63) is 58.8 Å².